The maximum atomic E-state index is 12.9. The molecule has 1 aromatic rings. The SMILES string of the molecule is Br.CNC(CCCCN)C(C)=O.CNC(CCCCNCc1ccc(C2(C(F)(F)F)N=N2)cc1)C(C)=O.CNC1(C(C)=O)CCCC1N. The topological polar surface area (TPSA) is 176 Å². The zero-order valence-corrected chi connectivity index (χ0v) is 31.1. The number of unbranched alkanes of at least 4 members (excludes halogenated alkanes) is 2. The number of carbonyl (C=O) groups excluding carboxylic acids is 3. The van der Waals surface area contributed by atoms with Crippen LogP contribution in [0.3, 0.4) is 0 Å². The fourth-order valence-corrected chi connectivity index (χ4v) is 5.68. The van der Waals surface area contributed by atoms with Crippen LogP contribution in [-0.4, -0.2) is 81.4 Å². The zero-order valence-electron chi connectivity index (χ0n) is 29.3. The van der Waals surface area contributed by atoms with Crippen LogP contribution in [0.4, 0.5) is 13.2 Å². The van der Waals surface area contributed by atoms with Crippen molar-refractivity contribution < 1.29 is 27.6 Å². The zero-order chi connectivity index (χ0) is 35.7. The summed E-state index contributed by atoms with van der Waals surface area (Å²) in [7, 11) is 5.40. The van der Waals surface area contributed by atoms with Gasteiger partial charge in [-0.3, -0.25) is 14.4 Å². The van der Waals surface area contributed by atoms with E-state index in [0.717, 1.165) is 69.9 Å². The average Bonchev–Trinajstić information content (AvgIpc) is 3.76. The Morgan fingerprint density at radius 2 is 1.44 bits per heavy atom. The Hall–Kier alpha value is -2.14. The fourth-order valence-electron chi connectivity index (χ4n) is 5.68. The van der Waals surface area contributed by atoms with Gasteiger partial charge in [0.25, 0.3) is 0 Å². The number of carbonyl (C=O) groups is 3. The van der Waals surface area contributed by atoms with Crippen molar-refractivity contribution in [3.05, 3.63) is 35.4 Å². The van der Waals surface area contributed by atoms with Crippen LogP contribution in [0.2, 0.25) is 0 Å². The molecule has 1 aromatic carbocycles. The molecule has 0 aromatic heterocycles. The first-order chi connectivity index (χ1) is 22.1. The Morgan fingerprint density at radius 3 is 1.77 bits per heavy atom. The predicted octanol–water partition coefficient (Wildman–Crippen LogP) is 4.22. The lowest BCUT2D eigenvalue weighted by Crippen LogP contribution is -2.58. The van der Waals surface area contributed by atoms with Crippen LogP contribution in [0.1, 0.15) is 89.7 Å². The van der Waals surface area contributed by atoms with Gasteiger partial charge in [0, 0.05) is 18.2 Å². The average molecular weight is 752 g/mol. The highest BCUT2D eigenvalue weighted by Crippen LogP contribution is 2.52. The number of Topliss-reactive ketones (excluding diaryl/α,β-unsaturated/α-hetero) is 3. The summed E-state index contributed by atoms with van der Waals surface area (Å²) in [4.78, 5) is 33.4. The third-order valence-electron chi connectivity index (χ3n) is 8.90. The fraction of sp³-hybridized carbons (Fsp3) is 0.727. The molecule has 2 aliphatic rings. The maximum absolute atomic E-state index is 12.9. The molecule has 0 spiro atoms. The van der Waals surface area contributed by atoms with E-state index in [1.807, 2.05) is 14.1 Å². The van der Waals surface area contributed by atoms with Crippen molar-refractivity contribution >= 4 is 34.3 Å². The molecular weight excluding hydrogens is 693 g/mol. The third kappa shape index (κ3) is 14.0. The summed E-state index contributed by atoms with van der Waals surface area (Å²) < 4.78 is 38.7. The first-order valence-corrected chi connectivity index (χ1v) is 16.5. The normalized spacial score (nSPS) is 20.3. The molecule has 48 heavy (non-hydrogen) atoms. The Labute approximate surface area is 294 Å². The summed E-state index contributed by atoms with van der Waals surface area (Å²) in [5.41, 5.74) is 9.35. The first-order valence-electron chi connectivity index (χ1n) is 16.5. The lowest BCUT2D eigenvalue weighted by Gasteiger charge is -2.30. The summed E-state index contributed by atoms with van der Waals surface area (Å²) in [5.74, 6) is 0.524. The molecule has 0 bridgehead atoms. The summed E-state index contributed by atoms with van der Waals surface area (Å²) in [6.07, 6.45) is 4.01. The molecule has 1 aliphatic carbocycles. The van der Waals surface area contributed by atoms with E-state index in [1.165, 1.54) is 12.1 Å². The van der Waals surface area contributed by atoms with Gasteiger partial charge in [-0.25, -0.2) is 0 Å². The van der Waals surface area contributed by atoms with Crippen molar-refractivity contribution in [1.82, 2.24) is 21.3 Å². The monoisotopic (exact) mass is 750 g/mol. The van der Waals surface area contributed by atoms with Gasteiger partial charge in [0.2, 0.25) is 0 Å². The summed E-state index contributed by atoms with van der Waals surface area (Å²) in [5, 5.41) is 18.6. The lowest BCUT2D eigenvalue weighted by molar-refractivity contribution is -0.166. The molecule has 8 N–H and O–H groups in total. The van der Waals surface area contributed by atoms with E-state index < -0.39 is 17.4 Å². The minimum Gasteiger partial charge on any atom is -0.330 e. The molecule has 276 valence electrons. The highest BCUT2D eigenvalue weighted by molar-refractivity contribution is 8.93. The van der Waals surface area contributed by atoms with Crippen molar-refractivity contribution in [2.75, 3.05) is 34.2 Å². The number of hydrogen-bond donors (Lipinski definition) is 6. The minimum atomic E-state index is -4.49. The second-order valence-electron chi connectivity index (χ2n) is 12.2. The third-order valence-corrected chi connectivity index (χ3v) is 8.90. The highest BCUT2D eigenvalue weighted by atomic mass is 79.9. The molecular formula is C33H58BrF3N8O3. The Kier molecular flexibility index (Phi) is 21.5. The molecule has 0 amide bonds. The van der Waals surface area contributed by atoms with Gasteiger partial charge < -0.3 is 32.7 Å². The smallest absolute Gasteiger partial charge is 0.330 e. The van der Waals surface area contributed by atoms with Crippen LogP contribution < -0.4 is 32.7 Å². The Balaban J connectivity index is 0.000000798. The molecule has 11 nitrogen and oxygen atoms in total. The van der Waals surface area contributed by atoms with E-state index in [4.69, 9.17) is 11.5 Å². The lowest BCUT2D eigenvalue weighted by atomic mass is 9.89. The molecule has 1 saturated carbocycles. The maximum Gasteiger partial charge on any atom is 0.442 e. The van der Waals surface area contributed by atoms with E-state index >= 15 is 0 Å². The number of alkyl halides is 3. The number of rotatable bonds is 18. The van der Waals surface area contributed by atoms with Gasteiger partial charge in [-0.15, -0.1) is 27.2 Å². The molecule has 1 fully saturated rings. The van der Waals surface area contributed by atoms with E-state index in [1.54, 1.807) is 40.0 Å². The molecule has 1 heterocycles. The van der Waals surface area contributed by atoms with Crippen LogP contribution >= 0.6 is 17.0 Å². The van der Waals surface area contributed by atoms with Crippen LogP contribution in [0.25, 0.3) is 0 Å². The number of ketones is 3. The Morgan fingerprint density at radius 1 is 0.917 bits per heavy atom. The van der Waals surface area contributed by atoms with Gasteiger partial charge in [-0.1, -0.05) is 37.1 Å². The van der Waals surface area contributed by atoms with Gasteiger partial charge in [0.1, 0.15) is 11.6 Å². The summed E-state index contributed by atoms with van der Waals surface area (Å²) in [6.45, 7) is 6.89. The molecule has 4 atom stereocenters. The van der Waals surface area contributed by atoms with Crippen molar-refractivity contribution in [3.8, 4) is 0 Å². The van der Waals surface area contributed by atoms with Crippen LogP contribution in [0, 0.1) is 0 Å². The second kappa shape index (κ2) is 22.6. The minimum absolute atomic E-state index is 0. The van der Waals surface area contributed by atoms with Crippen LogP contribution in [0.5, 0.6) is 0 Å². The number of likely N-dealkylation sites (N-methyl/N-ethyl adjacent to an activating group) is 3. The summed E-state index contributed by atoms with van der Waals surface area (Å²) >= 11 is 0. The van der Waals surface area contributed by atoms with E-state index in [0.29, 0.717) is 13.1 Å². The Bertz CT molecular complexity index is 1130. The van der Waals surface area contributed by atoms with E-state index in [2.05, 4.69) is 31.5 Å². The van der Waals surface area contributed by atoms with Crippen molar-refractivity contribution in [2.24, 2.45) is 21.7 Å². The van der Waals surface area contributed by atoms with Crippen LogP contribution in [0.15, 0.2) is 34.5 Å². The van der Waals surface area contributed by atoms with Gasteiger partial charge in [0.05, 0.1) is 17.6 Å². The molecule has 0 saturated heterocycles. The summed E-state index contributed by atoms with van der Waals surface area (Å²) in [6, 6.07) is 6.11. The van der Waals surface area contributed by atoms with Gasteiger partial charge in [-0.05, 0) is 106 Å². The first kappa shape index (κ1) is 45.9. The van der Waals surface area contributed by atoms with Crippen LogP contribution in [-0.2, 0) is 26.6 Å². The second-order valence-corrected chi connectivity index (χ2v) is 12.2. The number of benzene rings is 1. The van der Waals surface area contributed by atoms with Crippen molar-refractivity contribution in [3.63, 3.8) is 0 Å². The quantitative estimate of drug-likeness (QED) is 0.120. The van der Waals surface area contributed by atoms with Gasteiger partial charge in [-0.2, -0.15) is 13.2 Å². The molecule has 3 rings (SSSR count). The predicted molar refractivity (Wildman–Crippen MR) is 189 cm³/mol. The number of halogens is 4. The number of nitrogens with zero attached hydrogens (tertiary/aromatic N) is 2. The molecule has 4 unspecified atom stereocenters. The largest absolute Gasteiger partial charge is 0.442 e. The molecule has 15 heteroatoms. The van der Waals surface area contributed by atoms with Crippen molar-refractivity contribution in [2.45, 2.75) is 121 Å². The number of nitrogens with one attached hydrogen (secondary N) is 4. The number of hydrogen-bond acceptors (Lipinski definition) is 11. The number of nitrogens with two attached hydrogens (primary N) is 2. The van der Waals surface area contributed by atoms with Crippen molar-refractivity contribution in [1.29, 1.82) is 0 Å². The molecule has 0 radical (unpaired) electrons. The van der Waals surface area contributed by atoms with E-state index in [-0.39, 0.29) is 58.0 Å². The van der Waals surface area contributed by atoms with E-state index in [9.17, 15) is 27.6 Å². The highest BCUT2D eigenvalue weighted by Gasteiger charge is 2.65. The standard InChI is InChI=1S/C17H23F3N4O.C8H16N2O.C8H18N2O.BrH/c1-12(25)15(21-2)5-3-4-10-22-11-13-6-8-14(9-7-13)16(23-24-16)17(18,19)20;1-6(11)8(10-2)5-3-4-7(8)9;1-7(11)8(10-2)5-3-4-6-9;/h6-9,15,21-22H,3-5,10-11H2,1-2H3;7,10H,3-5,9H2,1-2H3;8,10H,3-6,9H2,1-2H3;1H. The van der Waals surface area contributed by atoms with Gasteiger partial charge >= 0.3 is 11.8 Å². The molecule has 1 aliphatic heterocycles. The van der Waals surface area contributed by atoms with Gasteiger partial charge in [0.15, 0.2) is 5.78 Å².